The second kappa shape index (κ2) is 2.73. The Bertz CT molecular complexity index is 148. The maximum atomic E-state index is 5.75. The largest absolute Gasteiger partial charge is 0.306 e. The highest BCUT2D eigenvalue weighted by molar-refractivity contribution is 4.86. The van der Waals surface area contributed by atoms with Crippen LogP contribution in [0.3, 0.4) is 0 Å². The standard InChI is InChI=1S/C8H17N3/c1-10-3-2-7-5-11(9)6-8(7)4-10/h7-8H,2-6,9H2,1H3. The van der Waals surface area contributed by atoms with Gasteiger partial charge in [-0.2, -0.15) is 0 Å². The Kier molecular flexibility index (Phi) is 1.87. The summed E-state index contributed by atoms with van der Waals surface area (Å²) in [4.78, 5) is 2.42. The number of rotatable bonds is 0. The lowest BCUT2D eigenvalue weighted by molar-refractivity contribution is 0.178. The summed E-state index contributed by atoms with van der Waals surface area (Å²) in [5, 5.41) is 1.98. The summed E-state index contributed by atoms with van der Waals surface area (Å²) in [6, 6.07) is 0. The van der Waals surface area contributed by atoms with Crippen LogP contribution in [-0.2, 0) is 0 Å². The minimum Gasteiger partial charge on any atom is -0.306 e. The third-order valence-electron chi connectivity index (χ3n) is 3.03. The number of hydrazine groups is 1. The molecule has 2 atom stereocenters. The molecule has 0 aromatic carbocycles. The molecule has 3 nitrogen and oxygen atoms in total. The van der Waals surface area contributed by atoms with Gasteiger partial charge in [0.1, 0.15) is 0 Å². The highest BCUT2D eigenvalue weighted by Gasteiger charge is 2.34. The molecule has 2 aliphatic rings. The van der Waals surface area contributed by atoms with Crippen LogP contribution in [0, 0.1) is 11.8 Å². The first kappa shape index (κ1) is 7.53. The number of nitrogens with two attached hydrogens (primary N) is 1. The Morgan fingerprint density at radius 1 is 1.18 bits per heavy atom. The van der Waals surface area contributed by atoms with Crippen molar-refractivity contribution in [3.05, 3.63) is 0 Å². The Morgan fingerprint density at radius 3 is 2.73 bits per heavy atom. The van der Waals surface area contributed by atoms with Crippen molar-refractivity contribution in [1.29, 1.82) is 0 Å². The summed E-state index contributed by atoms with van der Waals surface area (Å²) in [6.45, 7) is 4.74. The molecule has 11 heavy (non-hydrogen) atoms. The van der Waals surface area contributed by atoms with E-state index in [2.05, 4.69) is 11.9 Å². The molecule has 2 rings (SSSR count). The maximum absolute atomic E-state index is 5.75. The summed E-state index contributed by atoms with van der Waals surface area (Å²) >= 11 is 0. The average Bonchev–Trinajstić information content (AvgIpc) is 2.27. The van der Waals surface area contributed by atoms with Gasteiger partial charge >= 0.3 is 0 Å². The van der Waals surface area contributed by atoms with E-state index in [1.807, 2.05) is 5.01 Å². The minimum atomic E-state index is 0.846. The van der Waals surface area contributed by atoms with E-state index in [4.69, 9.17) is 5.84 Å². The van der Waals surface area contributed by atoms with Gasteiger partial charge in [0.25, 0.3) is 0 Å². The zero-order chi connectivity index (χ0) is 7.84. The maximum Gasteiger partial charge on any atom is 0.0172 e. The predicted octanol–water partition coefficient (Wildman–Crippen LogP) is -0.256. The van der Waals surface area contributed by atoms with Crippen LogP contribution in [0.2, 0.25) is 0 Å². The topological polar surface area (TPSA) is 32.5 Å². The first-order valence-corrected chi connectivity index (χ1v) is 4.44. The van der Waals surface area contributed by atoms with E-state index < -0.39 is 0 Å². The molecule has 0 saturated carbocycles. The number of piperidine rings is 1. The lowest BCUT2D eigenvalue weighted by Crippen LogP contribution is -2.37. The zero-order valence-electron chi connectivity index (χ0n) is 7.16. The van der Waals surface area contributed by atoms with Crippen molar-refractivity contribution in [2.24, 2.45) is 17.7 Å². The molecule has 0 aromatic heterocycles. The van der Waals surface area contributed by atoms with Gasteiger partial charge in [0.15, 0.2) is 0 Å². The van der Waals surface area contributed by atoms with Crippen LogP contribution in [0.25, 0.3) is 0 Å². The van der Waals surface area contributed by atoms with Crippen LogP contribution in [0.5, 0.6) is 0 Å². The van der Waals surface area contributed by atoms with E-state index in [9.17, 15) is 0 Å². The summed E-state index contributed by atoms with van der Waals surface area (Å²) in [7, 11) is 2.20. The molecular formula is C8H17N3. The van der Waals surface area contributed by atoms with Crippen LogP contribution in [0.4, 0.5) is 0 Å². The molecule has 0 amide bonds. The monoisotopic (exact) mass is 155 g/mol. The molecule has 0 radical (unpaired) electrons. The third kappa shape index (κ3) is 1.41. The van der Waals surface area contributed by atoms with Crippen LogP contribution in [-0.4, -0.2) is 43.1 Å². The summed E-state index contributed by atoms with van der Waals surface area (Å²) in [5.41, 5.74) is 0. The number of likely N-dealkylation sites (tertiary alicyclic amines) is 1. The molecule has 2 unspecified atom stereocenters. The average molecular weight is 155 g/mol. The molecule has 0 aromatic rings. The molecule has 0 bridgehead atoms. The van der Waals surface area contributed by atoms with Crippen LogP contribution in [0.15, 0.2) is 0 Å². The fourth-order valence-corrected chi connectivity index (χ4v) is 2.39. The highest BCUT2D eigenvalue weighted by Crippen LogP contribution is 2.28. The summed E-state index contributed by atoms with van der Waals surface area (Å²) in [5.74, 6) is 7.49. The quantitative estimate of drug-likeness (QED) is 0.489. The second-order valence-electron chi connectivity index (χ2n) is 4.02. The van der Waals surface area contributed by atoms with Crippen molar-refractivity contribution in [1.82, 2.24) is 9.91 Å². The Morgan fingerprint density at radius 2 is 1.91 bits per heavy atom. The lowest BCUT2D eigenvalue weighted by Gasteiger charge is -2.31. The molecule has 2 aliphatic heterocycles. The SMILES string of the molecule is CN1CCC2CN(N)CC2C1. The molecule has 2 saturated heterocycles. The first-order valence-electron chi connectivity index (χ1n) is 4.44. The Labute approximate surface area is 68.1 Å². The van der Waals surface area contributed by atoms with E-state index in [0.717, 1.165) is 24.9 Å². The van der Waals surface area contributed by atoms with Crippen molar-refractivity contribution >= 4 is 0 Å². The smallest absolute Gasteiger partial charge is 0.0172 e. The van der Waals surface area contributed by atoms with Gasteiger partial charge in [-0.15, -0.1) is 0 Å². The molecule has 64 valence electrons. The lowest BCUT2D eigenvalue weighted by atomic mass is 9.89. The third-order valence-corrected chi connectivity index (χ3v) is 3.03. The first-order chi connectivity index (χ1) is 5.25. The van der Waals surface area contributed by atoms with Gasteiger partial charge in [-0.1, -0.05) is 0 Å². The predicted molar refractivity (Wildman–Crippen MR) is 44.9 cm³/mol. The molecule has 0 aliphatic carbocycles. The van der Waals surface area contributed by atoms with Crippen molar-refractivity contribution in [3.63, 3.8) is 0 Å². The molecule has 0 spiro atoms. The van der Waals surface area contributed by atoms with Gasteiger partial charge in [0.05, 0.1) is 0 Å². The van der Waals surface area contributed by atoms with Crippen molar-refractivity contribution < 1.29 is 0 Å². The molecule has 2 fully saturated rings. The van der Waals surface area contributed by atoms with E-state index in [1.165, 1.54) is 19.5 Å². The summed E-state index contributed by atoms with van der Waals surface area (Å²) in [6.07, 6.45) is 1.34. The normalized spacial score (nSPS) is 40.9. The van der Waals surface area contributed by atoms with Crippen molar-refractivity contribution in [2.75, 3.05) is 33.2 Å². The Balaban J connectivity index is 1.97. The zero-order valence-corrected chi connectivity index (χ0v) is 7.16. The number of hydrogen-bond donors (Lipinski definition) is 1. The van der Waals surface area contributed by atoms with E-state index in [1.54, 1.807) is 0 Å². The van der Waals surface area contributed by atoms with Gasteiger partial charge < -0.3 is 4.90 Å². The van der Waals surface area contributed by atoms with Gasteiger partial charge in [0, 0.05) is 19.6 Å². The van der Waals surface area contributed by atoms with E-state index in [-0.39, 0.29) is 0 Å². The molecule has 2 heterocycles. The Hall–Kier alpha value is -0.120. The number of hydrogen-bond acceptors (Lipinski definition) is 3. The number of nitrogens with zero attached hydrogens (tertiary/aromatic N) is 2. The highest BCUT2D eigenvalue weighted by atomic mass is 15.4. The van der Waals surface area contributed by atoms with Crippen LogP contribution < -0.4 is 5.84 Å². The molecule has 2 N–H and O–H groups in total. The van der Waals surface area contributed by atoms with Crippen molar-refractivity contribution in [3.8, 4) is 0 Å². The minimum absolute atomic E-state index is 0.846. The fraction of sp³-hybridized carbons (Fsp3) is 1.00. The van der Waals surface area contributed by atoms with Gasteiger partial charge in [-0.05, 0) is 31.8 Å². The van der Waals surface area contributed by atoms with E-state index in [0.29, 0.717) is 0 Å². The fourth-order valence-electron chi connectivity index (χ4n) is 2.39. The van der Waals surface area contributed by atoms with E-state index >= 15 is 0 Å². The van der Waals surface area contributed by atoms with Gasteiger partial charge in [-0.25, -0.2) is 5.01 Å². The summed E-state index contributed by atoms with van der Waals surface area (Å²) < 4.78 is 0. The number of fused-ring (bicyclic) bond motifs is 1. The molecule has 3 heteroatoms. The van der Waals surface area contributed by atoms with Gasteiger partial charge in [0.2, 0.25) is 0 Å². The van der Waals surface area contributed by atoms with Gasteiger partial charge in [-0.3, -0.25) is 5.84 Å². The van der Waals surface area contributed by atoms with Crippen LogP contribution >= 0.6 is 0 Å². The molecular weight excluding hydrogens is 138 g/mol. The van der Waals surface area contributed by atoms with Crippen molar-refractivity contribution in [2.45, 2.75) is 6.42 Å². The van der Waals surface area contributed by atoms with Crippen LogP contribution in [0.1, 0.15) is 6.42 Å². The second-order valence-corrected chi connectivity index (χ2v) is 4.02.